The third-order valence-electron chi connectivity index (χ3n) is 16.3. The highest BCUT2D eigenvalue weighted by Crippen LogP contribution is 2.21. The van der Waals surface area contributed by atoms with Crippen LogP contribution in [-0.4, -0.2) is 221 Å². The molecular weight excluding hydrogens is 1390 g/mol. The summed E-state index contributed by atoms with van der Waals surface area (Å²) in [4.78, 5) is 197. The van der Waals surface area contributed by atoms with Crippen LogP contribution in [0.3, 0.4) is 0 Å². The number of benzene rings is 1. The van der Waals surface area contributed by atoms with Crippen molar-refractivity contribution >= 4 is 83.1 Å². The normalized spacial score (nSPS) is 20.8. The van der Waals surface area contributed by atoms with Crippen molar-refractivity contribution in [1.82, 2.24) is 63.8 Å². The summed E-state index contributed by atoms with van der Waals surface area (Å²) in [5, 5.41) is 64.0. The van der Waals surface area contributed by atoms with Crippen LogP contribution in [0.5, 0.6) is 0 Å². The van der Waals surface area contributed by atoms with Gasteiger partial charge >= 0.3 is 24.4 Å². The van der Waals surface area contributed by atoms with Crippen LogP contribution >= 0.6 is 0 Å². The Balaban J connectivity index is 3.06. The molecule has 1 heterocycles. The van der Waals surface area contributed by atoms with Crippen LogP contribution in [-0.2, 0) is 73.3 Å². The minimum absolute atomic E-state index is 0.0376. The molecule has 2 unspecified atom stereocenters. The number of carbonyl (C=O) groups excluding carboxylic acids is 14. The monoisotopic (exact) mass is 1520 g/mol. The Labute approximate surface area is 629 Å². The van der Waals surface area contributed by atoms with Crippen molar-refractivity contribution < 1.29 is 101 Å². The Hall–Kier alpha value is -8.56. The van der Waals surface area contributed by atoms with Crippen molar-refractivity contribution in [2.75, 3.05) is 45.9 Å². The molecule has 1 aliphatic rings. The van der Waals surface area contributed by atoms with Crippen molar-refractivity contribution in [2.24, 2.45) is 23.7 Å². The van der Waals surface area contributed by atoms with Crippen molar-refractivity contribution in [3.63, 3.8) is 0 Å². The number of amides is 11. The average Bonchev–Trinajstić information content (AvgIpc) is 1.08. The number of rotatable bonds is 31. The number of nitrogens with one attached hydrogen (secondary N) is 12. The minimum atomic E-state index is -1.75. The van der Waals surface area contributed by atoms with Crippen molar-refractivity contribution in [2.45, 2.75) is 278 Å². The van der Waals surface area contributed by atoms with Gasteiger partial charge in [-0.3, -0.25) is 47.9 Å². The number of aliphatic hydroxyl groups excluding tert-OH is 3. The Bertz CT molecular complexity index is 3090. The lowest BCUT2D eigenvalue weighted by molar-refractivity contribution is -0.136. The van der Waals surface area contributed by atoms with Gasteiger partial charge in [-0.25, -0.2) is 19.2 Å². The molecule has 0 radical (unpaired) electrons. The predicted octanol–water partition coefficient (Wildman–Crippen LogP) is 2.99. The molecule has 15 N–H and O–H groups in total. The van der Waals surface area contributed by atoms with E-state index in [-0.39, 0.29) is 103 Å². The van der Waals surface area contributed by atoms with Gasteiger partial charge in [0.1, 0.15) is 40.5 Å². The fourth-order valence-electron chi connectivity index (χ4n) is 11.1. The molecule has 33 heteroatoms. The molecule has 1 aliphatic heterocycles. The third kappa shape index (κ3) is 40.3. The zero-order valence-corrected chi connectivity index (χ0v) is 65.7. The van der Waals surface area contributed by atoms with Gasteiger partial charge in [0.15, 0.2) is 17.3 Å². The Morgan fingerprint density at radius 2 is 1.04 bits per heavy atom. The van der Waals surface area contributed by atoms with E-state index in [4.69, 9.17) is 18.9 Å². The molecule has 0 aromatic heterocycles. The van der Waals surface area contributed by atoms with Crippen LogP contribution in [0.15, 0.2) is 30.3 Å². The van der Waals surface area contributed by atoms with E-state index < -0.39 is 204 Å². The van der Waals surface area contributed by atoms with Crippen LogP contribution in [0, 0.1) is 23.7 Å². The van der Waals surface area contributed by atoms with E-state index in [9.17, 15) is 68.1 Å². The molecule has 107 heavy (non-hydrogen) atoms. The second-order valence-corrected chi connectivity index (χ2v) is 31.5. The van der Waals surface area contributed by atoms with E-state index in [0.717, 1.165) is 0 Å². The van der Waals surface area contributed by atoms with Crippen molar-refractivity contribution in [3.8, 4) is 0 Å². The summed E-state index contributed by atoms with van der Waals surface area (Å²) in [5.41, 5.74) is -3.20. The summed E-state index contributed by atoms with van der Waals surface area (Å²) in [7, 11) is 0. The molecule has 1 fully saturated rings. The van der Waals surface area contributed by atoms with Crippen molar-refractivity contribution in [1.29, 1.82) is 0 Å². The first-order valence-electron chi connectivity index (χ1n) is 37.0. The molecule has 1 saturated heterocycles. The molecule has 0 spiro atoms. The fourth-order valence-corrected chi connectivity index (χ4v) is 11.1. The highest BCUT2D eigenvalue weighted by molar-refractivity contribution is 5.98. The number of ether oxygens (including phenoxy) is 4. The van der Waals surface area contributed by atoms with Gasteiger partial charge in [-0.15, -0.1) is 0 Å². The highest BCUT2D eigenvalue weighted by atomic mass is 16.6. The van der Waals surface area contributed by atoms with Gasteiger partial charge in [-0.2, -0.15) is 0 Å². The number of ketones is 3. The van der Waals surface area contributed by atoms with Gasteiger partial charge in [-0.05, 0) is 166 Å². The van der Waals surface area contributed by atoms with E-state index in [1.807, 2.05) is 0 Å². The molecule has 0 saturated carbocycles. The SMILES string of the molecule is CCC[C@H](NC(=O)CCO)C(=O)C[C@H](C(=O)N[C@@H](CCNC(=O)OC(C)(C)C)C(=O)C[C@H]1CCNC(=O)[C@H](C(C)O)NC(=O)[C@H](CCNC(=O)OC(C)(C)C)CC(=O)[C@H](CCNC(=O)OC(C)(C)C)NC(=O)[C@H](CC(C)C)NC(=O)[C@@H](Cc2ccccc2)NC(=O)[C@H](CCNC(=O)OC(C)(C)C)NC1)C(C)O. The second kappa shape index (κ2) is 45.9. The van der Waals surface area contributed by atoms with E-state index in [2.05, 4.69) is 63.8 Å². The Morgan fingerprint density at radius 1 is 0.561 bits per heavy atom. The maximum absolute atomic E-state index is 15.2. The molecule has 33 nitrogen and oxygen atoms in total. The van der Waals surface area contributed by atoms with Crippen LogP contribution < -0.4 is 63.8 Å². The summed E-state index contributed by atoms with van der Waals surface area (Å²) in [5.74, 6) is -12.4. The first kappa shape index (κ1) is 94.5. The first-order chi connectivity index (χ1) is 49.7. The lowest BCUT2D eigenvalue weighted by Crippen LogP contribution is -2.58. The molecule has 606 valence electrons. The fraction of sp³-hybridized carbons (Fsp3) is 0.730. The molecule has 1 aromatic carbocycles. The number of Topliss-reactive ketones (excluding diaryl/α,β-unsaturated/α-hetero) is 3. The topological polar surface area (TPSA) is 481 Å². The molecule has 11 amide bonds. The quantitative estimate of drug-likeness (QED) is 0.0475. The lowest BCUT2D eigenvalue weighted by atomic mass is 9.90. The Morgan fingerprint density at radius 3 is 1.53 bits per heavy atom. The number of alkyl carbamates (subject to hydrolysis) is 4. The van der Waals surface area contributed by atoms with Crippen LogP contribution in [0.25, 0.3) is 0 Å². The largest absolute Gasteiger partial charge is 0.444 e. The number of carbonyl (C=O) groups is 14. The second-order valence-electron chi connectivity index (χ2n) is 31.5. The zero-order valence-electron chi connectivity index (χ0n) is 65.7. The zero-order chi connectivity index (χ0) is 81.2. The van der Waals surface area contributed by atoms with Crippen LogP contribution in [0.2, 0.25) is 0 Å². The van der Waals surface area contributed by atoms with Crippen molar-refractivity contribution in [3.05, 3.63) is 35.9 Å². The maximum atomic E-state index is 15.2. The molecule has 0 bridgehead atoms. The van der Waals surface area contributed by atoms with Crippen LogP contribution in [0.4, 0.5) is 19.2 Å². The predicted molar refractivity (Wildman–Crippen MR) is 395 cm³/mol. The summed E-state index contributed by atoms with van der Waals surface area (Å²) in [6.07, 6.45) is -9.59. The van der Waals surface area contributed by atoms with Gasteiger partial charge in [0.25, 0.3) is 0 Å². The Kier molecular flexibility index (Phi) is 40.6. The van der Waals surface area contributed by atoms with E-state index in [1.165, 1.54) is 13.8 Å². The lowest BCUT2D eigenvalue weighted by Gasteiger charge is -2.29. The van der Waals surface area contributed by atoms with Gasteiger partial charge in [0.2, 0.25) is 41.4 Å². The molecule has 1 aromatic rings. The van der Waals surface area contributed by atoms with Gasteiger partial charge in [-0.1, -0.05) is 57.5 Å². The average molecular weight is 1520 g/mol. The standard InChI is InChI=1S/C74H124N12O21/c1-18-22-50(81-59(93)30-36-87)58(92)41-49(44(4)88)62(95)82-51(27-33-77-68(101)105-72(9,10)11)56(90)39-47-25-31-75-66(99)60(45(5)89)86-61(94)48(26-32-76-67(100)104-71(6,7)8)40-57(91)52(28-34-78-69(102)106-73(12,13)14)83-64(97)54(37-43(2)3)84-65(98)55(38-46-23-20-19-21-24-46)85-63(96)53(80-42-47)29-35-79-70(103)107-74(15,16)17/h19-21,23-24,43-45,47-55,60,80,87-89H,18,22,25-42H2,1-17H3,(H,75,99)(H,76,100)(H,77,101)(H,78,102)(H,79,103)(H,81,93)(H,82,95)(H,83,97)(H,84,98)(H,85,96)(H,86,94)/t44?,45?,47-,48-,49+,50+,51+,52+,53+,54+,55-,60+/m1/s1. The number of hydrogen-bond donors (Lipinski definition) is 15. The summed E-state index contributed by atoms with van der Waals surface area (Å²) >= 11 is 0. The van der Waals surface area contributed by atoms with E-state index >= 15 is 14.4 Å². The minimum Gasteiger partial charge on any atom is -0.444 e. The van der Waals surface area contributed by atoms with Gasteiger partial charge < -0.3 is 98.1 Å². The number of hydrogen-bond acceptors (Lipinski definition) is 22. The van der Waals surface area contributed by atoms with Gasteiger partial charge in [0.05, 0.1) is 48.9 Å². The maximum Gasteiger partial charge on any atom is 0.407 e. The third-order valence-corrected chi connectivity index (χ3v) is 16.3. The molecular formula is C74H124N12O21. The van der Waals surface area contributed by atoms with Gasteiger partial charge in [0, 0.05) is 70.7 Å². The smallest absolute Gasteiger partial charge is 0.407 e. The summed E-state index contributed by atoms with van der Waals surface area (Å²) < 4.78 is 21.7. The first-order valence-corrected chi connectivity index (χ1v) is 37.0. The van der Waals surface area contributed by atoms with E-state index in [1.54, 1.807) is 134 Å². The number of aliphatic hydroxyl groups is 3. The summed E-state index contributed by atoms with van der Waals surface area (Å²) in [6, 6.07) is -1.54. The van der Waals surface area contributed by atoms with E-state index in [0.29, 0.717) is 12.0 Å². The summed E-state index contributed by atoms with van der Waals surface area (Å²) in [6.45, 7) is 25.2. The molecule has 12 atom stereocenters. The molecule has 0 aliphatic carbocycles. The highest BCUT2D eigenvalue weighted by Gasteiger charge is 2.38. The molecule has 2 rings (SSSR count). The van der Waals surface area contributed by atoms with Crippen LogP contribution in [0.1, 0.15) is 200 Å².